The number of carbonyl (C=O) groups excluding carboxylic acids is 1. The summed E-state index contributed by atoms with van der Waals surface area (Å²) in [5, 5.41) is 3.64. The van der Waals surface area contributed by atoms with Crippen molar-refractivity contribution in [3.8, 4) is 11.8 Å². The van der Waals surface area contributed by atoms with Crippen molar-refractivity contribution in [2.24, 2.45) is 0 Å². The summed E-state index contributed by atoms with van der Waals surface area (Å²) >= 11 is 0. The van der Waals surface area contributed by atoms with Gasteiger partial charge in [0.25, 0.3) is 5.91 Å². The molecule has 3 N–H and O–H groups in total. The molecule has 1 atom stereocenters. The SMILES string of the molecule is Cc1ccnc(Oc2ccc3nc(C(=O)NC4CCS(O)(O)C4)ccc3c2)n1. The predicted molar refractivity (Wildman–Crippen MR) is 107 cm³/mol. The van der Waals surface area contributed by atoms with Crippen molar-refractivity contribution in [2.45, 2.75) is 19.4 Å². The third kappa shape index (κ3) is 4.22. The van der Waals surface area contributed by atoms with Crippen LogP contribution in [0.4, 0.5) is 0 Å². The molecule has 1 saturated heterocycles. The number of amides is 1. The normalized spacial score (nSPS) is 19.3. The van der Waals surface area contributed by atoms with E-state index in [-0.39, 0.29) is 29.4 Å². The first-order valence-corrected chi connectivity index (χ1v) is 10.7. The molecule has 0 saturated carbocycles. The third-order valence-corrected chi connectivity index (χ3v) is 6.30. The largest absolute Gasteiger partial charge is 0.424 e. The second kappa shape index (κ2) is 7.34. The number of nitrogens with zero attached hydrogens (tertiary/aromatic N) is 3. The fraction of sp³-hybridized carbons (Fsp3) is 0.263. The van der Waals surface area contributed by atoms with E-state index in [2.05, 4.69) is 20.3 Å². The quantitative estimate of drug-likeness (QED) is 0.614. The van der Waals surface area contributed by atoms with Crippen molar-refractivity contribution < 1.29 is 18.6 Å². The average molecular weight is 400 g/mol. The summed E-state index contributed by atoms with van der Waals surface area (Å²) in [7, 11) is -2.55. The highest BCUT2D eigenvalue weighted by atomic mass is 32.3. The molecule has 1 aliphatic heterocycles. The number of hydrogen-bond acceptors (Lipinski definition) is 7. The number of hydrogen-bond donors (Lipinski definition) is 3. The Kier molecular flexibility index (Phi) is 4.88. The van der Waals surface area contributed by atoms with E-state index in [4.69, 9.17) is 4.74 Å². The molecule has 0 aliphatic carbocycles. The van der Waals surface area contributed by atoms with E-state index in [0.29, 0.717) is 23.4 Å². The Balaban J connectivity index is 1.49. The molecular weight excluding hydrogens is 380 g/mol. The summed E-state index contributed by atoms with van der Waals surface area (Å²) in [6.45, 7) is 1.86. The number of benzene rings is 1. The molecule has 1 aliphatic rings. The van der Waals surface area contributed by atoms with Crippen molar-refractivity contribution in [3.63, 3.8) is 0 Å². The molecule has 9 heteroatoms. The maximum absolute atomic E-state index is 12.4. The molecule has 4 rings (SSSR count). The van der Waals surface area contributed by atoms with E-state index in [1.54, 1.807) is 36.5 Å². The fourth-order valence-corrected chi connectivity index (χ4v) is 4.79. The van der Waals surface area contributed by atoms with Gasteiger partial charge in [-0.2, -0.15) is 10.6 Å². The standard InChI is InChI=1S/C19H20N4O4S/c1-12-6-8-20-19(21-12)27-15-3-5-16-13(10-15)2-4-17(23-16)18(24)22-14-7-9-28(25,26)11-14/h2-6,8,10,14,25-26H,7,9,11H2,1H3,(H,22,24). The number of aromatic nitrogens is 3. The van der Waals surface area contributed by atoms with Crippen LogP contribution in [0.15, 0.2) is 42.6 Å². The van der Waals surface area contributed by atoms with Gasteiger partial charge in [-0.25, -0.2) is 15.0 Å². The van der Waals surface area contributed by atoms with Gasteiger partial charge in [0.15, 0.2) is 0 Å². The Morgan fingerprint density at radius 2 is 2.07 bits per heavy atom. The van der Waals surface area contributed by atoms with Crippen molar-refractivity contribution in [2.75, 3.05) is 11.5 Å². The fourth-order valence-electron chi connectivity index (χ4n) is 3.07. The predicted octanol–water partition coefficient (Wildman–Crippen LogP) is 3.38. The molecule has 0 bridgehead atoms. The minimum absolute atomic E-state index is 0.202. The molecular formula is C19H20N4O4S. The molecule has 1 fully saturated rings. The van der Waals surface area contributed by atoms with Crippen LogP contribution < -0.4 is 10.1 Å². The minimum atomic E-state index is -2.55. The molecule has 1 unspecified atom stereocenters. The number of pyridine rings is 1. The Bertz CT molecular complexity index is 1040. The van der Waals surface area contributed by atoms with Crippen LogP contribution in [0.25, 0.3) is 10.9 Å². The summed E-state index contributed by atoms with van der Waals surface area (Å²) in [4.78, 5) is 25.1. The Morgan fingerprint density at radius 3 is 2.82 bits per heavy atom. The Morgan fingerprint density at radius 1 is 1.21 bits per heavy atom. The molecule has 28 heavy (non-hydrogen) atoms. The number of carbonyl (C=O) groups is 1. The van der Waals surface area contributed by atoms with Crippen LogP contribution >= 0.6 is 10.6 Å². The summed E-state index contributed by atoms with van der Waals surface area (Å²) < 4.78 is 25.1. The van der Waals surface area contributed by atoms with E-state index in [9.17, 15) is 13.9 Å². The highest BCUT2D eigenvalue weighted by molar-refractivity contribution is 8.24. The van der Waals surface area contributed by atoms with Gasteiger partial charge in [0.1, 0.15) is 11.4 Å². The van der Waals surface area contributed by atoms with Crippen molar-refractivity contribution in [1.82, 2.24) is 20.3 Å². The van der Waals surface area contributed by atoms with Crippen molar-refractivity contribution in [3.05, 3.63) is 54.0 Å². The zero-order valence-electron chi connectivity index (χ0n) is 15.2. The monoisotopic (exact) mass is 400 g/mol. The molecule has 1 amide bonds. The summed E-state index contributed by atoms with van der Waals surface area (Å²) in [6.07, 6.45) is 2.19. The van der Waals surface area contributed by atoms with E-state index in [0.717, 1.165) is 11.1 Å². The topological polar surface area (TPSA) is 117 Å². The first-order chi connectivity index (χ1) is 13.4. The molecule has 8 nitrogen and oxygen atoms in total. The number of ether oxygens (including phenoxy) is 1. The van der Waals surface area contributed by atoms with Crippen molar-refractivity contribution >= 4 is 27.4 Å². The summed E-state index contributed by atoms with van der Waals surface area (Å²) in [5.74, 6) is 0.788. The molecule has 3 heterocycles. The number of nitrogens with one attached hydrogen (secondary N) is 1. The van der Waals surface area contributed by atoms with E-state index >= 15 is 0 Å². The molecule has 1 aromatic carbocycles. The van der Waals surface area contributed by atoms with Crippen LogP contribution in [0.2, 0.25) is 0 Å². The average Bonchev–Trinajstić information content (AvgIpc) is 2.99. The maximum Gasteiger partial charge on any atom is 0.322 e. The van der Waals surface area contributed by atoms with Crippen molar-refractivity contribution in [1.29, 1.82) is 0 Å². The Hall–Kier alpha value is -2.75. The van der Waals surface area contributed by atoms with Crippen LogP contribution in [0.3, 0.4) is 0 Å². The highest BCUT2D eigenvalue weighted by Gasteiger charge is 2.29. The lowest BCUT2D eigenvalue weighted by Gasteiger charge is -2.25. The second-order valence-corrected chi connectivity index (χ2v) is 9.11. The first-order valence-electron chi connectivity index (χ1n) is 8.81. The number of rotatable bonds is 4. The zero-order valence-corrected chi connectivity index (χ0v) is 16.0. The van der Waals surface area contributed by atoms with E-state index < -0.39 is 10.6 Å². The van der Waals surface area contributed by atoms with Crippen LogP contribution in [0.1, 0.15) is 22.6 Å². The third-order valence-electron chi connectivity index (χ3n) is 4.47. The van der Waals surface area contributed by atoms with Gasteiger partial charge in [-0.05, 0) is 43.7 Å². The van der Waals surface area contributed by atoms with Crippen LogP contribution in [0.5, 0.6) is 11.8 Å². The van der Waals surface area contributed by atoms with Gasteiger partial charge >= 0.3 is 6.01 Å². The molecule has 3 aromatic rings. The lowest BCUT2D eigenvalue weighted by molar-refractivity contribution is 0.0936. The van der Waals surface area contributed by atoms with Gasteiger partial charge in [-0.1, -0.05) is 6.07 Å². The molecule has 146 valence electrons. The van der Waals surface area contributed by atoms with Crippen LogP contribution in [-0.2, 0) is 0 Å². The van der Waals surface area contributed by atoms with Gasteiger partial charge in [0.2, 0.25) is 0 Å². The van der Waals surface area contributed by atoms with Gasteiger partial charge in [-0.3, -0.25) is 13.9 Å². The minimum Gasteiger partial charge on any atom is -0.424 e. The summed E-state index contributed by atoms with van der Waals surface area (Å²) in [5.41, 5.74) is 1.75. The summed E-state index contributed by atoms with van der Waals surface area (Å²) in [6, 6.07) is 10.6. The second-order valence-electron chi connectivity index (χ2n) is 6.77. The van der Waals surface area contributed by atoms with E-state index in [1.807, 2.05) is 13.0 Å². The van der Waals surface area contributed by atoms with Gasteiger partial charge in [0.05, 0.1) is 11.3 Å². The Labute approximate surface area is 163 Å². The zero-order chi connectivity index (χ0) is 19.7. The van der Waals surface area contributed by atoms with Crippen LogP contribution in [-0.4, -0.2) is 47.5 Å². The number of fused-ring (bicyclic) bond motifs is 1. The smallest absolute Gasteiger partial charge is 0.322 e. The lowest BCUT2D eigenvalue weighted by Crippen LogP contribution is -2.35. The highest BCUT2D eigenvalue weighted by Crippen LogP contribution is 2.45. The lowest BCUT2D eigenvalue weighted by atomic mass is 10.2. The van der Waals surface area contributed by atoms with E-state index in [1.165, 1.54) is 0 Å². The molecule has 0 radical (unpaired) electrons. The molecule has 0 spiro atoms. The van der Waals surface area contributed by atoms with Gasteiger partial charge < -0.3 is 10.1 Å². The number of aryl methyl sites for hydroxylation is 1. The van der Waals surface area contributed by atoms with Gasteiger partial charge in [0, 0.05) is 29.1 Å². The molecule has 2 aromatic heterocycles. The van der Waals surface area contributed by atoms with Crippen LogP contribution in [0, 0.1) is 6.92 Å². The van der Waals surface area contributed by atoms with Gasteiger partial charge in [-0.15, -0.1) is 0 Å². The first kappa shape index (κ1) is 18.6. The maximum atomic E-state index is 12.4.